The largest absolute Gasteiger partial charge is 0.492 e. The molecule has 38 heavy (non-hydrogen) atoms. The Morgan fingerprint density at radius 2 is 2.00 bits per heavy atom. The van der Waals surface area contributed by atoms with Gasteiger partial charge >= 0.3 is 11.8 Å². The second kappa shape index (κ2) is 10.1. The number of carbonyl (C=O) groups is 1. The van der Waals surface area contributed by atoms with Crippen LogP contribution in [0.4, 0.5) is 4.79 Å². The summed E-state index contributed by atoms with van der Waals surface area (Å²) in [5.74, 6) is 0.525. The lowest BCUT2D eigenvalue weighted by molar-refractivity contribution is 0.0139. The topological polar surface area (TPSA) is 119 Å². The molecule has 1 aliphatic heterocycles. The number of aryl methyl sites for hydroxylation is 1. The van der Waals surface area contributed by atoms with E-state index in [1.165, 1.54) is 10.6 Å². The Morgan fingerprint density at radius 3 is 2.71 bits per heavy atom. The second-order valence-corrected chi connectivity index (χ2v) is 11.5. The third kappa shape index (κ3) is 5.41. The van der Waals surface area contributed by atoms with Crippen LogP contribution in [0.3, 0.4) is 0 Å². The first kappa shape index (κ1) is 26.2. The summed E-state index contributed by atoms with van der Waals surface area (Å²) in [5.41, 5.74) is 0.590. The maximum atomic E-state index is 13.1. The number of ether oxygens (including phenoxy) is 2. The number of rotatable bonds is 5. The van der Waals surface area contributed by atoms with E-state index in [2.05, 4.69) is 15.0 Å². The summed E-state index contributed by atoms with van der Waals surface area (Å²) in [7, 11) is 0. The van der Waals surface area contributed by atoms with Gasteiger partial charge in [-0.25, -0.2) is 19.1 Å². The highest BCUT2D eigenvalue weighted by atomic mass is 35.5. The van der Waals surface area contributed by atoms with Gasteiger partial charge in [0.05, 0.1) is 18.0 Å². The van der Waals surface area contributed by atoms with E-state index < -0.39 is 16.9 Å². The minimum atomic E-state index is -0.610. The molecule has 1 N–H and O–H groups in total. The third-order valence-corrected chi connectivity index (χ3v) is 6.98. The number of carbonyl (C=O) groups excluding carboxylic acids is 1. The van der Waals surface area contributed by atoms with Crippen LogP contribution in [-0.4, -0.2) is 55.8 Å². The summed E-state index contributed by atoms with van der Waals surface area (Å²) in [4.78, 5) is 51.8. The summed E-state index contributed by atoms with van der Waals surface area (Å²) in [6.45, 7) is 8.77. The molecule has 2 aliphatic rings. The van der Waals surface area contributed by atoms with Gasteiger partial charge in [-0.15, -0.1) is 0 Å². The van der Waals surface area contributed by atoms with Gasteiger partial charge in [-0.1, -0.05) is 11.6 Å². The van der Waals surface area contributed by atoms with E-state index >= 15 is 0 Å². The number of halogens is 1. The Kier molecular flexibility index (Phi) is 6.94. The van der Waals surface area contributed by atoms with Crippen molar-refractivity contribution in [3.05, 3.63) is 55.6 Å². The van der Waals surface area contributed by atoms with Gasteiger partial charge in [-0.3, -0.25) is 14.8 Å². The molecule has 3 aromatic heterocycles. The number of hydrogen-bond acceptors (Lipinski definition) is 7. The van der Waals surface area contributed by atoms with E-state index in [1.807, 2.05) is 33.8 Å². The fraction of sp³-hybridized carbons (Fsp3) is 0.519. The van der Waals surface area contributed by atoms with Gasteiger partial charge in [0.15, 0.2) is 5.65 Å². The maximum absolute atomic E-state index is 13.1. The number of pyridine rings is 2. The van der Waals surface area contributed by atoms with Gasteiger partial charge in [0.1, 0.15) is 21.9 Å². The maximum Gasteiger partial charge on any atom is 0.410 e. The van der Waals surface area contributed by atoms with Crippen molar-refractivity contribution >= 4 is 28.7 Å². The zero-order valence-electron chi connectivity index (χ0n) is 22.0. The van der Waals surface area contributed by atoms with Crippen LogP contribution in [0.25, 0.3) is 16.7 Å². The molecule has 4 heterocycles. The summed E-state index contributed by atoms with van der Waals surface area (Å²) in [5, 5.41) is 0.235. The van der Waals surface area contributed by atoms with E-state index in [-0.39, 0.29) is 46.5 Å². The predicted molar refractivity (Wildman–Crippen MR) is 144 cm³/mol. The van der Waals surface area contributed by atoms with Crippen molar-refractivity contribution in [2.75, 3.05) is 19.7 Å². The van der Waals surface area contributed by atoms with Crippen LogP contribution in [0.15, 0.2) is 27.9 Å². The Labute approximate surface area is 224 Å². The van der Waals surface area contributed by atoms with Crippen molar-refractivity contribution in [1.82, 2.24) is 24.4 Å². The molecule has 1 aliphatic carbocycles. The van der Waals surface area contributed by atoms with Crippen LogP contribution in [-0.2, 0) is 4.74 Å². The van der Waals surface area contributed by atoms with E-state index in [4.69, 9.17) is 21.1 Å². The number of H-pyrrole nitrogens is 1. The average molecular weight is 542 g/mol. The SMILES string of the molecule is Cc1ccnc(C2CC2)c1-n1c(=O)[nH]c(=O)c2c(OC[C@@H]3CCCN(C(=O)OC(C)(C)C)C3)cc(Cl)nc21. The second-order valence-electron chi connectivity index (χ2n) is 11.1. The molecule has 202 valence electrons. The number of aromatic amines is 1. The van der Waals surface area contributed by atoms with Crippen molar-refractivity contribution in [3.63, 3.8) is 0 Å². The number of aromatic nitrogens is 4. The molecule has 10 nitrogen and oxygen atoms in total. The molecule has 1 amide bonds. The van der Waals surface area contributed by atoms with Gasteiger partial charge in [0.25, 0.3) is 5.56 Å². The van der Waals surface area contributed by atoms with Crippen molar-refractivity contribution in [2.45, 2.75) is 64.9 Å². The van der Waals surface area contributed by atoms with Crippen molar-refractivity contribution in [2.24, 2.45) is 5.92 Å². The van der Waals surface area contributed by atoms with Gasteiger partial charge in [0, 0.05) is 37.2 Å². The molecule has 0 radical (unpaired) electrons. The number of nitrogens with zero attached hydrogens (tertiary/aromatic N) is 4. The zero-order chi connectivity index (χ0) is 27.2. The van der Waals surface area contributed by atoms with Gasteiger partial charge in [-0.2, -0.15) is 0 Å². The van der Waals surface area contributed by atoms with Crippen LogP contribution in [0.2, 0.25) is 5.15 Å². The van der Waals surface area contributed by atoms with Crippen LogP contribution in [0.5, 0.6) is 5.75 Å². The predicted octanol–water partition coefficient (Wildman–Crippen LogP) is 4.33. The number of amides is 1. The first-order chi connectivity index (χ1) is 18.0. The number of hydrogen-bond donors (Lipinski definition) is 1. The first-order valence-corrected chi connectivity index (χ1v) is 13.3. The Bertz CT molecular complexity index is 1500. The number of nitrogens with one attached hydrogen (secondary N) is 1. The number of piperidine rings is 1. The molecule has 5 rings (SSSR count). The highest BCUT2D eigenvalue weighted by Gasteiger charge is 2.31. The van der Waals surface area contributed by atoms with Crippen LogP contribution in [0, 0.1) is 12.8 Å². The molecule has 0 bridgehead atoms. The molecule has 1 saturated heterocycles. The smallest absolute Gasteiger partial charge is 0.410 e. The molecule has 0 aromatic carbocycles. The third-order valence-electron chi connectivity index (χ3n) is 6.78. The highest BCUT2D eigenvalue weighted by molar-refractivity contribution is 6.30. The average Bonchev–Trinajstić information content (AvgIpc) is 3.67. The van der Waals surface area contributed by atoms with E-state index in [1.54, 1.807) is 11.1 Å². The first-order valence-electron chi connectivity index (χ1n) is 12.9. The standard InChI is InChI=1S/C27H32ClN5O5/c1-15-9-10-29-21(17-7-8-17)22(15)33-23-20(24(34)31-25(33)35)18(12-19(28)30-23)37-14-16-6-5-11-32(13-16)26(36)38-27(2,3)4/h9-10,12,16-17H,5-8,11,13-14H2,1-4H3,(H,31,34,35)/t16-/m1/s1. The molecular formula is C27H32ClN5O5. The lowest BCUT2D eigenvalue weighted by atomic mass is 9.99. The minimum Gasteiger partial charge on any atom is -0.492 e. The number of likely N-dealkylation sites (tertiary alicyclic amines) is 1. The quantitative estimate of drug-likeness (QED) is 0.477. The molecule has 0 spiro atoms. The normalized spacial score (nSPS) is 18.0. The van der Waals surface area contributed by atoms with E-state index in [9.17, 15) is 14.4 Å². The van der Waals surface area contributed by atoms with Crippen molar-refractivity contribution < 1.29 is 14.3 Å². The lowest BCUT2D eigenvalue weighted by Crippen LogP contribution is -2.44. The minimum absolute atomic E-state index is 0.0327. The van der Waals surface area contributed by atoms with Crippen LogP contribution in [0.1, 0.15) is 63.6 Å². The van der Waals surface area contributed by atoms with Crippen LogP contribution >= 0.6 is 11.6 Å². The highest BCUT2D eigenvalue weighted by Crippen LogP contribution is 2.42. The molecular weight excluding hydrogens is 510 g/mol. The summed E-state index contributed by atoms with van der Waals surface area (Å²) in [6, 6.07) is 3.31. The number of fused-ring (bicyclic) bond motifs is 1. The zero-order valence-corrected chi connectivity index (χ0v) is 22.8. The summed E-state index contributed by atoms with van der Waals surface area (Å²) in [6.07, 6.45) is 5.03. The van der Waals surface area contributed by atoms with Crippen molar-refractivity contribution in [3.8, 4) is 11.4 Å². The van der Waals surface area contributed by atoms with Crippen LogP contribution < -0.4 is 16.0 Å². The molecule has 2 fully saturated rings. The molecule has 1 saturated carbocycles. The van der Waals surface area contributed by atoms with E-state index in [0.717, 1.165) is 36.9 Å². The summed E-state index contributed by atoms with van der Waals surface area (Å²) < 4.78 is 13.1. The van der Waals surface area contributed by atoms with Gasteiger partial charge in [-0.05, 0) is 65.0 Å². The monoisotopic (exact) mass is 541 g/mol. The lowest BCUT2D eigenvalue weighted by Gasteiger charge is -2.34. The van der Waals surface area contributed by atoms with Gasteiger partial charge < -0.3 is 14.4 Å². The fourth-order valence-electron chi connectivity index (χ4n) is 4.91. The van der Waals surface area contributed by atoms with E-state index in [0.29, 0.717) is 18.8 Å². The fourth-order valence-corrected chi connectivity index (χ4v) is 5.09. The Hall–Kier alpha value is -3.40. The van der Waals surface area contributed by atoms with Gasteiger partial charge in [0.2, 0.25) is 0 Å². The van der Waals surface area contributed by atoms with Crippen molar-refractivity contribution in [1.29, 1.82) is 0 Å². The molecule has 1 atom stereocenters. The molecule has 11 heteroatoms. The Morgan fingerprint density at radius 1 is 1.24 bits per heavy atom. The Balaban J connectivity index is 1.48. The molecule has 3 aromatic rings. The molecule has 0 unspecified atom stereocenters. The summed E-state index contributed by atoms with van der Waals surface area (Å²) >= 11 is 6.39.